The number of fused-ring (bicyclic) bond motifs is 1. The van der Waals surface area contributed by atoms with Crippen molar-refractivity contribution in [3.05, 3.63) is 23.8 Å². The molecule has 0 spiro atoms. The van der Waals surface area contributed by atoms with Crippen LogP contribution in [0.4, 0.5) is 18.9 Å². The molecule has 2 rings (SSSR count). The molecule has 92 valence electrons. The minimum Gasteiger partial charge on any atom is -0.497 e. The van der Waals surface area contributed by atoms with Crippen LogP contribution in [0.15, 0.2) is 18.2 Å². The van der Waals surface area contributed by atoms with Gasteiger partial charge in [-0.3, -0.25) is 4.79 Å². The van der Waals surface area contributed by atoms with E-state index in [-0.39, 0.29) is 11.3 Å². The highest BCUT2D eigenvalue weighted by molar-refractivity contribution is 5.95. The summed E-state index contributed by atoms with van der Waals surface area (Å²) in [6.45, 7) is 0. The topological polar surface area (TPSA) is 38.3 Å². The molecule has 0 unspecified atom stereocenters. The molecule has 1 heterocycles. The Morgan fingerprint density at radius 3 is 2.71 bits per heavy atom. The first-order valence-electron chi connectivity index (χ1n) is 4.96. The molecule has 0 radical (unpaired) electrons. The molecular weight excluding hydrogens is 235 g/mol. The maximum atomic E-state index is 12.8. The highest BCUT2D eigenvalue weighted by Crippen LogP contribution is 2.44. The van der Waals surface area contributed by atoms with E-state index in [1.807, 2.05) is 0 Å². The predicted molar refractivity (Wildman–Crippen MR) is 55.0 cm³/mol. The number of methoxy groups -OCH3 is 1. The van der Waals surface area contributed by atoms with Gasteiger partial charge in [0.05, 0.1) is 13.0 Å². The summed E-state index contributed by atoms with van der Waals surface area (Å²) in [6, 6.07) is 4.19. The van der Waals surface area contributed by atoms with Crippen LogP contribution in [0, 0.1) is 0 Å². The van der Waals surface area contributed by atoms with E-state index < -0.39 is 24.4 Å². The van der Waals surface area contributed by atoms with Crippen LogP contribution in [0.3, 0.4) is 0 Å². The van der Waals surface area contributed by atoms with E-state index in [2.05, 4.69) is 5.32 Å². The molecule has 0 aliphatic carbocycles. The zero-order chi connectivity index (χ0) is 12.6. The quantitative estimate of drug-likeness (QED) is 0.826. The van der Waals surface area contributed by atoms with Gasteiger partial charge in [-0.15, -0.1) is 0 Å². The lowest BCUT2D eigenvalue weighted by atomic mass is 9.90. The maximum absolute atomic E-state index is 12.8. The average molecular weight is 245 g/mol. The molecule has 1 aromatic rings. The van der Waals surface area contributed by atoms with Gasteiger partial charge in [-0.05, 0) is 11.6 Å². The van der Waals surface area contributed by atoms with Crippen molar-refractivity contribution in [2.45, 2.75) is 18.5 Å². The summed E-state index contributed by atoms with van der Waals surface area (Å²) in [4.78, 5) is 11.2. The zero-order valence-corrected chi connectivity index (χ0v) is 8.97. The van der Waals surface area contributed by atoms with Crippen molar-refractivity contribution >= 4 is 11.6 Å². The van der Waals surface area contributed by atoms with Crippen molar-refractivity contribution in [1.82, 2.24) is 0 Å². The Kier molecular flexibility index (Phi) is 2.73. The van der Waals surface area contributed by atoms with Gasteiger partial charge in [-0.2, -0.15) is 13.2 Å². The summed E-state index contributed by atoms with van der Waals surface area (Å²) in [5.74, 6) is -1.96. The third kappa shape index (κ3) is 2.20. The van der Waals surface area contributed by atoms with E-state index in [0.717, 1.165) is 0 Å². The van der Waals surface area contributed by atoms with Gasteiger partial charge in [-0.25, -0.2) is 0 Å². The van der Waals surface area contributed by atoms with Crippen LogP contribution in [0.2, 0.25) is 0 Å². The SMILES string of the molecule is COc1ccc2c(c1)NC(=O)C[C@H]2C(F)(F)F. The zero-order valence-electron chi connectivity index (χ0n) is 8.97. The van der Waals surface area contributed by atoms with Crippen molar-refractivity contribution in [3.63, 3.8) is 0 Å². The first kappa shape index (κ1) is 11.8. The van der Waals surface area contributed by atoms with E-state index >= 15 is 0 Å². The second-order valence-electron chi connectivity index (χ2n) is 3.80. The number of carbonyl (C=O) groups is 1. The van der Waals surface area contributed by atoms with Gasteiger partial charge >= 0.3 is 6.18 Å². The lowest BCUT2D eigenvalue weighted by Gasteiger charge is -2.27. The Labute approximate surface area is 95.6 Å². The molecule has 1 aliphatic rings. The van der Waals surface area contributed by atoms with Crippen molar-refractivity contribution in [2.24, 2.45) is 0 Å². The highest BCUT2D eigenvalue weighted by Gasteiger charge is 2.45. The smallest absolute Gasteiger partial charge is 0.396 e. The molecule has 17 heavy (non-hydrogen) atoms. The van der Waals surface area contributed by atoms with E-state index in [9.17, 15) is 18.0 Å². The van der Waals surface area contributed by atoms with Crippen molar-refractivity contribution in [2.75, 3.05) is 12.4 Å². The Hall–Kier alpha value is -1.72. The molecule has 1 N–H and O–H groups in total. The molecule has 0 aromatic heterocycles. The number of nitrogens with one attached hydrogen (secondary N) is 1. The van der Waals surface area contributed by atoms with E-state index in [1.54, 1.807) is 0 Å². The molecule has 1 atom stereocenters. The molecule has 6 heteroatoms. The summed E-state index contributed by atoms with van der Waals surface area (Å²) in [7, 11) is 1.41. The molecule has 0 bridgehead atoms. The van der Waals surface area contributed by atoms with Crippen LogP contribution in [-0.2, 0) is 4.79 Å². The first-order valence-corrected chi connectivity index (χ1v) is 4.96. The van der Waals surface area contributed by atoms with Crippen LogP contribution in [-0.4, -0.2) is 19.2 Å². The van der Waals surface area contributed by atoms with E-state index in [1.165, 1.54) is 25.3 Å². The van der Waals surface area contributed by atoms with Gasteiger partial charge in [0.2, 0.25) is 5.91 Å². The van der Waals surface area contributed by atoms with Crippen LogP contribution in [0.25, 0.3) is 0 Å². The van der Waals surface area contributed by atoms with Crippen molar-refractivity contribution < 1.29 is 22.7 Å². The van der Waals surface area contributed by atoms with Gasteiger partial charge in [0.25, 0.3) is 0 Å². The molecule has 3 nitrogen and oxygen atoms in total. The second-order valence-corrected chi connectivity index (χ2v) is 3.80. The van der Waals surface area contributed by atoms with Gasteiger partial charge in [-0.1, -0.05) is 6.07 Å². The fourth-order valence-electron chi connectivity index (χ4n) is 1.86. The Morgan fingerprint density at radius 2 is 2.12 bits per heavy atom. The number of benzene rings is 1. The number of alkyl halides is 3. The van der Waals surface area contributed by atoms with Gasteiger partial charge in [0.15, 0.2) is 0 Å². The summed E-state index contributed by atoms with van der Waals surface area (Å²) in [6.07, 6.45) is -4.98. The summed E-state index contributed by atoms with van der Waals surface area (Å²) in [5.41, 5.74) is 0.251. The fourth-order valence-corrected chi connectivity index (χ4v) is 1.86. The molecule has 1 aromatic carbocycles. The fraction of sp³-hybridized carbons (Fsp3) is 0.364. The molecule has 0 saturated carbocycles. The summed E-state index contributed by atoms with van der Waals surface area (Å²) in [5, 5.41) is 2.42. The monoisotopic (exact) mass is 245 g/mol. The number of rotatable bonds is 1. The van der Waals surface area contributed by atoms with Crippen LogP contribution < -0.4 is 10.1 Å². The molecular formula is C11H10F3NO2. The lowest BCUT2D eigenvalue weighted by molar-refractivity contribution is -0.156. The highest BCUT2D eigenvalue weighted by atomic mass is 19.4. The van der Waals surface area contributed by atoms with Gasteiger partial charge < -0.3 is 10.1 Å². The molecule has 1 amide bonds. The number of amides is 1. The number of ether oxygens (including phenoxy) is 1. The minimum absolute atomic E-state index is 0.0814. The van der Waals surface area contributed by atoms with Crippen LogP contribution >= 0.6 is 0 Å². The molecule has 0 saturated heterocycles. The third-order valence-electron chi connectivity index (χ3n) is 2.69. The predicted octanol–water partition coefficient (Wildman–Crippen LogP) is 2.68. The number of anilines is 1. The van der Waals surface area contributed by atoms with Crippen molar-refractivity contribution in [1.29, 1.82) is 0 Å². The van der Waals surface area contributed by atoms with Crippen molar-refractivity contribution in [3.8, 4) is 5.75 Å². The first-order chi connectivity index (χ1) is 7.91. The minimum atomic E-state index is -4.42. The molecule has 1 aliphatic heterocycles. The Balaban J connectivity index is 2.47. The number of halogens is 3. The number of carbonyl (C=O) groups excluding carboxylic acids is 1. The van der Waals surface area contributed by atoms with E-state index in [0.29, 0.717) is 5.75 Å². The molecule has 0 fully saturated rings. The lowest BCUT2D eigenvalue weighted by Crippen LogP contribution is -2.31. The standard InChI is InChI=1S/C11H10F3NO2/c1-17-6-2-3-7-8(11(12,13)14)5-10(16)15-9(7)4-6/h2-4,8H,5H2,1H3,(H,15,16)/t8-/m1/s1. The second kappa shape index (κ2) is 3.94. The Morgan fingerprint density at radius 1 is 1.41 bits per heavy atom. The maximum Gasteiger partial charge on any atom is 0.396 e. The largest absolute Gasteiger partial charge is 0.497 e. The van der Waals surface area contributed by atoms with Crippen LogP contribution in [0.5, 0.6) is 5.75 Å². The van der Waals surface area contributed by atoms with Crippen LogP contribution in [0.1, 0.15) is 17.9 Å². The van der Waals surface area contributed by atoms with E-state index in [4.69, 9.17) is 4.74 Å². The van der Waals surface area contributed by atoms with Gasteiger partial charge in [0.1, 0.15) is 5.75 Å². The summed E-state index contributed by atoms with van der Waals surface area (Å²) < 4.78 is 43.2. The average Bonchev–Trinajstić information content (AvgIpc) is 2.25. The Bertz CT molecular complexity index is 457. The van der Waals surface area contributed by atoms with Gasteiger partial charge in [0, 0.05) is 18.2 Å². The normalized spacial score (nSPS) is 19.5. The summed E-state index contributed by atoms with van der Waals surface area (Å²) >= 11 is 0. The number of hydrogen-bond donors (Lipinski definition) is 1. The number of hydrogen-bond acceptors (Lipinski definition) is 2. The third-order valence-corrected chi connectivity index (χ3v) is 2.69.